The molecular weight excluding hydrogens is 208 g/mol. The van der Waals surface area contributed by atoms with Crippen LogP contribution < -0.4 is 10.7 Å². The van der Waals surface area contributed by atoms with Crippen molar-refractivity contribution in [1.82, 2.24) is 0 Å². The number of amides is 1. The summed E-state index contributed by atoms with van der Waals surface area (Å²) in [6, 6.07) is 0. The summed E-state index contributed by atoms with van der Waals surface area (Å²) in [5, 5.41) is 18.1. The maximum atomic E-state index is 11.3. The lowest BCUT2D eigenvalue weighted by Gasteiger charge is -2.03. The molecule has 5 nitrogen and oxygen atoms in total. The van der Waals surface area contributed by atoms with Gasteiger partial charge in [0.05, 0.1) is 18.6 Å². The van der Waals surface area contributed by atoms with Crippen LogP contribution in [-0.2, 0) is 4.79 Å². The first kappa shape index (κ1) is 15.0. The van der Waals surface area contributed by atoms with Gasteiger partial charge in [0.15, 0.2) is 6.21 Å². The van der Waals surface area contributed by atoms with Crippen LogP contribution in [0.4, 0.5) is 0 Å². The Bertz CT molecular complexity index is 241. The number of aliphatic hydroxyl groups is 2. The molecule has 0 radical (unpaired) electrons. The number of aliphatic hydroxyl groups excluding tert-OH is 2. The zero-order valence-electron chi connectivity index (χ0n) is 9.43. The molecule has 16 heavy (non-hydrogen) atoms. The minimum absolute atomic E-state index is 0.0188. The van der Waals surface area contributed by atoms with E-state index < -0.39 is 6.10 Å². The van der Waals surface area contributed by atoms with Gasteiger partial charge in [-0.25, -0.2) is 4.79 Å². The van der Waals surface area contributed by atoms with Crippen molar-refractivity contribution in [3.8, 4) is 0 Å². The van der Waals surface area contributed by atoms with Crippen molar-refractivity contribution in [3.05, 3.63) is 12.7 Å². The predicted molar refractivity (Wildman–Crippen MR) is 61.7 cm³/mol. The fourth-order valence-electron chi connectivity index (χ4n) is 1.15. The monoisotopic (exact) mass is 229 g/mol. The van der Waals surface area contributed by atoms with Crippen molar-refractivity contribution in [3.63, 3.8) is 0 Å². The number of rotatable bonds is 8. The van der Waals surface area contributed by atoms with E-state index in [4.69, 9.17) is 15.9 Å². The molecule has 1 amide bonds. The smallest absolute Gasteiger partial charge is 0.387 e. The summed E-state index contributed by atoms with van der Waals surface area (Å²) in [5.74, 6) is -0.382. The van der Waals surface area contributed by atoms with Crippen LogP contribution in [0.1, 0.15) is 19.3 Å². The Hall–Kier alpha value is -1.04. The molecule has 2 unspecified atom stereocenters. The molecule has 0 aliphatic rings. The van der Waals surface area contributed by atoms with Crippen LogP contribution in [0.3, 0.4) is 0 Å². The van der Waals surface area contributed by atoms with Gasteiger partial charge in [0.1, 0.15) is 6.42 Å². The van der Waals surface area contributed by atoms with Crippen LogP contribution in [0.15, 0.2) is 12.7 Å². The molecule has 0 aromatic carbocycles. The van der Waals surface area contributed by atoms with Crippen LogP contribution in [-0.4, -0.2) is 41.6 Å². The second kappa shape index (κ2) is 9.21. The Morgan fingerprint density at radius 3 is 2.75 bits per heavy atom. The summed E-state index contributed by atoms with van der Waals surface area (Å²) < 4.78 is 0. The van der Waals surface area contributed by atoms with E-state index in [1.54, 1.807) is 6.21 Å². The molecule has 0 aliphatic carbocycles. The molecule has 0 fully saturated rings. The molecule has 0 aromatic heterocycles. The van der Waals surface area contributed by atoms with E-state index in [1.807, 2.05) is 0 Å². The Labute approximate surface area is 95.7 Å². The van der Waals surface area contributed by atoms with Gasteiger partial charge >= 0.3 is 5.91 Å². The highest BCUT2D eigenvalue weighted by molar-refractivity contribution is 5.71. The van der Waals surface area contributed by atoms with Gasteiger partial charge in [-0.15, -0.1) is 6.58 Å². The molecule has 0 heterocycles. The van der Waals surface area contributed by atoms with E-state index in [-0.39, 0.29) is 24.9 Å². The Morgan fingerprint density at radius 1 is 1.56 bits per heavy atom. The second-order valence-electron chi connectivity index (χ2n) is 3.61. The van der Waals surface area contributed by atoms with Crippen molar-refractivity contribution >= 4 is 12.1 Å². The van der Waals surface area contributed by atoms with Crippen LogP contribution in [0.5, 0.6) is 0 Å². The van der Waals surface area contributed by atoms with Gasteiger partial charge in [0, 0.05) is 0 Å². The zero-order valence-corrected chi connectivity index (χ0v) is 9.43. The zero-order chi connectivity index (χ0) is 12.4. The van der Waals surface area contributed by atoms with Gasteiger partial charge in [-0.1, -0.05) is 6.08 Å². The van der Waals surface area contributed by atoms with Crippen LogP contribution in [0.25, 0.3) is 0 Å². The first-order chi connectivity index (χ1) is 7.63. The molecule has 0 rings (SSSR count). The van der Waals surface area contributed by atoms with Gasteiger partial charge in [0.2, 0.25) is 0 Å². The van der Waals surface area contributed by atoms with Crippen molar-refractivity contribution in [2.24, 2.45) is 11.7 Å². The van der Waals surface area contributed by atoms with E-state index in [1.165, 1.54) is 6.08 Å². The number of nitrogens with one attached hydrogen (secondary N) is 1. The summed E-state index contributed by atoms with van der Waals surface area (Å²) in [7, 11) is 0. The largest absolute Gasteiger partial charge is 0.396 e. The Morgan fingerprint density at radius 2 is 2.25 bits per heavy atom. The highest BCUT2D eigenvalue weighted by Crippen LogP contribution is 1.99. The van der Waals surface area contributed by atoms with E-state index >= 15 is 0 Å². The topological polar surface area (TPSA) is 97.5 Å². The van der Waals surface area contributed by atoms with Gasteiger partial charge < -0.3 is 15.9 Å². The van der Waals surface area contributed by atoms with Crippen molar-refractivity contribution in [2.75, 3.05) is 13.2 Å². The highest BCUT2D eigenvalue weighted by atomic mass is 16.3. The Kier molecular flexibility index (Phi) is 8.61. The van der Waals surface area contributed by atoms with E-state index in [2.05, 4.69) is 11.6 Å². The van der Waals surface area contributed by atoms with Gasteiger partial charge in [-0.3, -0.25) is 0 Å². The molecule has 0 saturated carbocycles. The lowest BCUT2D eigenvalue weighted by Crippen LogP contribution is -2.75. The molecule has 0 bridgehead atoms. The third-order valence-electron chi connectivity index (χ3n) is 2.16. The molecule has 92 valence electrons. The minimum Gasteiger partial charge on any atom is -0.396 e. The molecule has 5 heteroatoms. The van der Waals surface area contributed by atoms with E-state index in [9.17, 15) is 4.79 Å². The number of hydrogen-bond acceptors (Lipinski definition) is 4. The fourth-order valence-corrected chi connectivity index (χ4v) is 1.15. The maximum Gasteiger partial charge on any atom is 0.387 e. The molecule has 2 atom stereocenters. The van der Waals surface area contributed by atoms with Gasteiger partial charge in [-0.2, -0.15) is 4.99 Å². The third kappa shape index (κ3) is 7.28. The van der Waals surface area contributed by atoms with Gasteiger partial charge in [-0.05, 0) is 19.4 Å². The first-order valence-corrected chi connectivity index (χ1v) is 5.38. The van der Waals surface area contributed by atoms with E-state index in [0.29, 0.717) is 6.54 Å². The summed E-state index contributed by atoms with van der Waals surface area (Å²) in [4.78, 5) is 13.8. The average molecular weight is 229 g/mol. The first-order valence-electron chi connectivity index (χ1n) is 5.38. The number of nitrogens with two attached hydrogens (primary N) is 1. The quantitative estimate of drug-likeness (QED) is 0.284. The van der Waals surface area contributed by atoms with Crippen LogP contribution in [0, 0.1) is 5.92 Å². The summed E-state index contributed by atoms with van der Waals surface area (Å²) in [6.07, 6.45) is 3.54. The van der Waals surface area contributed by atoms with Crippen LogP contribution >= 0.6 is 0 Å². The molecular formula is C11H21N2O3+. The van der Waals surface area contributed by atoms with E-state index in [0.717, 1.165) is 12.8 Å². The Balaban J connectivity index is 4.01. The summed E-state index contributed by atoms with van der Waals surface area (Å²) in [5.41, 5.74) is 5.34. The fraction of sp³-hybridized carbons (Fsp3) is 0.636. The van der Waals surface area contributed by atoms with Crippen molar-refractivity contribution < 1.29 is 20.0 Å². The third-order valence-corrected chi connectivity index (χ3v) is 2.16. The van der Waals surface area contributed by atoms with Crippen molar-refractivity contribution in [1.29, 1.82) is 0 Å². The minimum atomic E-state index is -0.829. The molecule has 0 aliphatic heterocycles. The van der Waals surface area contributed by atoms with Gasteiger partial charge in [0.25, 0.3) is 0 Å². The molecule has 0 saturated heterocycles. The SMILES string of the molecule is C=CC(O)CC(=O)[NH+]=CC(CO)CCCN. The number of carbonyl (C=O) groups is 1. The summed E-state index contributed by atoms with van der Waals surface area (Å²) in [6.45, 7) is 3.91. The second-order valence-corrected chi connectivity index (χ2v) is 3.61. The van der Waals surface area contributed by atoms with Crippen LogP contribution in [0.2, 0.25) is 0 Å². The summed E-state index contributed by atoms with van der Waals surface area (Å²) >= 11 is 0. The van der Waals surface area contributed by atoms with Crippen molar-refractivity contribution in [2.45, 2.75) is 25.4 Å². The molecule has 0 spiro atoms. The lowest BCUT2D eigenvalue weighted by molar-refractivity contribution is -0.376. The normalized spacial score (nSPS) is 14.9. The average Bonchev–Trinajstić information content (AvgIpc) is 2.29. The molecule has 0 aromatic rings. The highest BCUT2D eigenvalue weighted by Gasteiger charge is 2.13. The maximum absolute atomic E-state index is 11.3. The standard InChI is InChI=1S/C11H20N2O3/c1-2-10(15)6-11(16)13-7-9(8-14)4-3-5-12/h2,7,9-10,14-15H,1,3-6,8,12H2/p+1. The number of carbonyl (C=O) groups excluding carboxylic acids is 1. The number of hydrogen-bond donors (Lipinski definition) is 4. The predicted octanol–water partition coefficient (Wildman–Crippen LogP) is -2.05. The lowest BCUT2D eigenvalue weighted by atomic mass is 10.1. The molecule has 5 N–H and O–H groups in total.